The van der Waals surface area contributed by atoms with Crippen LogP contribution in [0.3, 0.4) is 0 Å². The molecule has 0 aliphatic heterocycles. The number of guanidine groups is 1. The normalized spacial score (nSPS) is 18.4. The van der Waals surface area contributed by atoms with Gasteiger partial charge in [-0.1, -0.05) is 42.7 Å². The maximum Gasteiger partial charge on any atom is 0.185 e. The molecule has 1 saturated carbocycles. The first kappa shape index (κ1) is 22.9. The maximum atomic E-state index is 5.99. The Bertz CT molecular complexity index is 1160. The second kappa shape index (κ2) is 10.5. The third kappa shape index (κ3) is 5.93. The van der Waals surface area contributed by atoms with Gasteiger partial charge in [0.25, 0.3) is 0 Å². The number of aromatic nitrogens is 2. The van der Waals surface area contributed by atoms with E-state index >= 15 is 0 Å². The molecule has 172 valence electrons. The van der Waals surface area contributed by atoms with Gasteiger partial charge < -0.3 is 21.5 Å². The van der Waals surface area contributed by atoms with Crippen molar-refractivity contribution in [1.82, 2.24) is 9.97 Å². The summed E-state index contributed by atoms with van der Waals surface area (Å²) >= 11 is 5.99. The molecule has 0 bridgehead atoms. The van der Waals surface area contributed by atoms with Gasteiger partial charge in [0.1, 0.15) is 11.6 Å². The first-order valence-electron chi connectivity index (χ1n) is 11.1. The molecule has 0 amide bonds. The molecular formula is C25H29ClN6O. The fraction of sp³-hybridized carbons (Fsp3) is 0.320. The average Bonchev–Trinajstić information content (AvgIpc) is 2.83. The molecule has 1 aromatic heterocycles. The third-order valence-corrected chi connectivity index (χ3v) is 6.21. The van der Waals surface area contributed by atoms with Crippen LogP contribution in [-0.4, -0.2) is 35.6 Å². The van der Waals surface area contributed by atoms with Gasteiger partial charge in [-0.15, -0.1) is 0 Å². The average molecular weight is 465 g/mol. The van der Waals surface area contributed by atoms with E-state index in [1.165, 1.54) is 6.42 Å². The van der Waals surface area contributed by atoms with Crippen molar-refractivity contribution in [3.05, 3.63) is 58.9 Å². The Hall–Kier alpha value is -3.32. The van der Waals surface area contributed by atoms with Gasteiger partial charge in [-0.05, 0) is 60.7 Å². The molecule has 1 aliphatic carbocycles. The highest BCUT2D eigenvalue weighted by Gasteiger charge is 2.26. The molecule has 0 spiro atoms. The second-order valence-corrected chi connectivity index (χ2v) is 8.70. The first-order chi connectivity index (χ1) is 16.0. The van der Waals surface area contributed by atoms with E-state index in [9.17, 15) is 0 Å². The van der Waals surface area contributed by atoms with Gasteiger partial charge in [-0.25, -0.2) is 9.97 Å². The molecule has 1 heterocycles. The van der Waals surface area contributed by atoms with Gasteiger partial charge in [0.15, 0.2) is 11.8 Å². The van der Waals surface area contributed by atoms with Crippen molar-refractivity contribution in [1.29, 1.82) is 0 Å². The Morgan fingerprint density at radius 2 is 1.91 bits per heavy atom. The number of methoxy groups -OCH3 is 1. The molecule has 0 saturated heterocycles. The molecule has 4 rings (SSSR count). The quantitative estimate of drug-likeness (QED) is 0.345. The number of anilines is 1. The van der Waals surface area contributed by atoms with E-state index in [4.69, 9.17) is 37.8 Å². The summed E-state index contributed by atoms with van der Waals surface area (Å²) in [4.78, 5) is 13.9. The van der Waals surface area contributed by atoms with Gasteiger partial charge in [0.2, 0.25) is 0 Å². The molecular weight excluding hydrogens is 436 g/mol. The lowest BCUT2D eigenvalue weighted by molar-refractivity contribution is 0.333. The lowest BCUT2D eigenvalue weighted by atomic mass is 9.84. The Labute approximate surface area is 198 Å². The summed E-state index contributed by atoms with van der Waals surface area (Å²) < 4.78 is 5.44. The molecule has 33 heavy (non-hydrogen) atoms. The predicted molar refractivity (Wildman–Crippen MR) is 137 cm³/mol. The van der Waals surface area contributed by atoms with E-state index < -0.39 is 0 Å². The maximum absolute atomic E-state index is 5.99. The number of hydrogen-bond donors (Lipinski definition) is 3. The van der Waals surface area contributed by atoms with Crippen LogP contribution >= 0.6 is 11.6 Å². The number of fused-ring (bicyclic) bond motifs is 1. The van der Waals surface area contributed by atoms with Crippen LogP contribution in [0.1, 0.15) is 37.1 Å². The second-order valence-electron chi connectivity index (χ2n) is 8.26. The van der Waals surface area contributed by atoms with Crippen molar-refractivity contribution < 1.29 is 4.74 Å². The highest BCUT2D eigenvalue weighted by atomic mass is 35.5. The van der Waals surface area contributed by atoms with Crippen LogP contribution in [0.15, 0.2) is 47.5 Å². The molecule has 0 radical (unpaired) electrons. The van der Waals surface area contributed by atoms with Crippen LogP contribution in [0.4, 0.5) is 5.82 Å². The SMILES string of the molecule is COc1ccc2nc(/C=C\c3ccc(Cl)cc3)nc(NC3CCCCC3CN=C(N)N)c2c1. The molecule has 2 unspecified atom stereocenters. The Kier molecular flexibility index (Phi) is 7.29. The van der Waals surface area contributed by atoms with Gasteiger partial charge in [0.05, 0.1) is 12.6 Å². The minimum absolute atomic E-state index is 0.131. The van der Waals surface area contributed by atoms with Crippen LogP contribution in [0.2, 0.25) is 5.02 Å². The minimum Gasteiger partial charge on any atom is -0.497 e. The van der Waals surface area contributed by atoms with E-state index in [-0.39, 0.29) is 12.0 Å². The highest BCUT2D eigenvalue weighted by Crippen LogP contribution is 2.31. The number of ether oxygens (including phenoxy) is 1. The van der Waals surface area contributed by atoms with E-state index in [1.54, 1.807) is 7.11 Å². The summed E-state index contributed by atoms with van der Waals surface area (Å²) in [5.74, 6) is 2.65. The van der Waals surface area contributed by atoms with Crippen LogP contribution in [-0.2, 0) is 0 Å². The zero-order valence-electron chi connectivity index (χ0n) is 18.7. The zero-order valence-corrected chi connectivity index (χ0v) is 19.4. The summed E-state index contributed by atoms with van der Waals surface area (Å²) in [5, 5.41) is 5.31. The number of nitrogens with two attached hydrogens (primary N) is 2. The standard InChI is InChI=1S/C25H29ClN6O/c1-33-19-11-12-22-20(14-19)24(31-21-5-3-2-4-17(21)15-29-25(27)28)32-23(30-22)13-8-16-6-9-18(26)10-7-16/h6-14,17,21H,2-5,15H2,1H3,(H4,27,28,29)(H,30,31,32)/b13-8-. The van der Waals surface area contributed by atoms with Crippen LogP contribution in [0.5, 0.6) is 5.75 Å². The number of nitrogens with one attached hydrogen (secondary N) is 1. The number of nitrogens with zero attached hydrogens (tertiary/aromatic N) is 3. The summed E-state index contributed by atoms with van der Waals surface area (Å²) in [6, 6.07) is 13.7. The number of hydrogen-bond acceptors (Lipinski definition) is 5. The minimum atomic E-state index is 0.131. The third-order valence-electron chi connectivity index (χ3n) is 5.95. The zero-order chi connectivity index (χ0) is 23.2. The van der Waals surface area contributed by atoms with Crippen LogP contribution < -0.4 is 21.5 Å². The van der Waals surface area contributed by atoms with Crippen molar-refractivity contribution in [3.63, 3.8) is 0 Å². The fourth-order valence-corrected chi connectivity index (χ4v) is 4.32. The highest BCUT2D eigenvalue weighted by molar-refractivity contribution is 6.30. The molecule has 1 aliphatic rings. The Balaban J connectivity index is 1.68. The largest absolute Gasteiger partial charge is 0.497 e. The van der Waals surface area contributed by atoms with Gasteiger partial charge in [-0.2, -0.15) is 0 Å². The molecule has 3 aromatic rings. The monoisotopic (exact) mass is 464 g/mol. The molecule has 2 atom stereocenters. The molecule has 7 nitrogen and oxygen atoms in total. The van der Waals surface area contributed by atoms with Gasteiger partial charge in [-0.3, -0.25) is 4.99 Å². The molecule has 8 heteroatoms. The Morgan fingerprint density at radius 3 is 2.67 bits per heavy atom. The molecule has 5 N–H and O–H groups in total. The lowest BCUT2D eigenvalue weighted by Gasteiger charge is -2.32. The fourth-order valence-electron chi connectivity index (χ4n) is 4.20. The van der Waals surface area contributed by atoms with E-state index in [0.29, 0.717) is 23.3 Å². The topological polar surface area (TPSA) is 111 Å². The smallest absolute Gasteiger partial charge is 0.185 e. The van der Waals surface area contributed by atoms with Crippen molar-refractivity contribution in [3.8, 4) is 5.75 Å². The van der Waals surface area contributed by atoms with Crippen molar-refractivity contribution in [2.24, 2.45) is 22.4 Å². The summed E-state index contributed by atoms with van der Waals surface area (Å²) in [6.07, 6.45) is 8.34. The first-order valence-corrected chi connectivity index (χ1v) is 11.5. The van der Waals surface area contributed by atoms with Crippen molar-refractivity contribution in [2.75, 3.05) is 19.0 Å². The molecule has 1 fully saturated rings. The van der Waals surface area contributed by atoms with Crippen molar-refractivity contribution in [2.45, 2.75) is 31.7 Å². The van der Waals surface area contributed by atoms with Gasteiger partial charge in [0, 0.05) is 23.0 Å². The summed E-state index contributed by atoms with van der Waals surface area (Å²) in [6.45, 7) is 0.607. The van der Waals surface area contributed by atoms with Crippen molar-refractivity contribution >= 4 is 46.4 Å². The predicted octanol–water partition coefficient (Wildman–Crippen LogP) is 4.71. The lowest BCUT2D eigenvalue weighted by Crippen LogP contribution is -2.35. The Morgan fingerprint density at radius 1 is 1.12 bits per heavy atom. The number of aliphatic imine (C=N–C) groups is 1. The molecule has 2 aromatic carbocycles. The van der Waals surface area contributed by atoms with Gasteiger partial charge >= 0.3 is 0 Å². The van der Waals surface area contributed by atoms with E-state index in [0.717, 1.165) is 47.3 Å². The van der Waals surface area contributed by atoms with Crippen LogP contribution in [0, 0.1) is 5.92 Å². The summed E-state index contributed by atoms with van der Waals surface area (Å²) in [7, 11) is 1.66. The van der Waals surface area contributed by atoms with E-state index in [2.05, 4.69) is 10.3 Å². The van der Waals surface area contributed by atoms with E-state index in [1.807, 2.05) is 54.6 Å². The number of halogens is 1. The number of rotatable bonds is 7. The summed E-state index contributed by atoms with van der Waals surface area (Å²) in [5.41, 5.74) is 13.0. The van der Waals surface area contributed by atoms with Crippen LogP contribution in [0.25, 0.3) is 23.1 Å². The number of benzene rings is 2.